The van der Waals surface area contributed by atoms with Crippen molar-refractivity contribution in [2.24, 2.45) is 7.05 Å². The smallest absolute Gasteiger partial charge is 0.108 e. The van der Waals surface area contributed by atoms with E-state index in [1.54, 1.807) is 17.5 Å². The molecule has 1 N–H and O–H groups in total. The highest BCUT2D eigenvalue weighted by Crippen LogP contribution is 2.13. The van der Waals surface area contributed by atoms with Crippen LogP contribution in [-0.4, -0.2) is 20.8 Å². The second-order valence-electron chi connectivity index (χ2n) is 3.93. The number of hydrogen-bond donors (Lipinski definition) is 1. The number of aliphatic hydroxyl groups is 1. The normalized spacial score (nSPS) is 12.9. The molecular formula is C12H16N2OS. The summed E-state index contributed by atoms with van der Waals surface area (Å²) in [5.41, 5.74) is 0. The van der Waals surface area contributed by atoms with Crippen LogP contribution in [0.1, 0.15) is 17.1 Å². The van der Waals surface area contributed by atoms with E-state index in [0.29, 0.717) is 0 Å². The number of aromatic nitrogens is 2. The number of aryl methyl sites for hydroxylation is 2. The number of aliphatic hydroxyl groups excluding tert-OH is 1. The van der Waals surface area contributed by atoms with Gasteiger partial charge in [0.15, 0.2) is 0 Å². The summed E-state index contributed by atoms with van der Waals surface area (Å²) in [6.45, 7) is 0. The van der Waals surface area contributed by atoms with Crippen LogP contribution in [0.15, 0.2) is 29.9 Å². The van der Waals surface area contributed by atoms with E-state index < -0.39 is 0 Å². The summed E-state index contributed by atoms with van der Waals surface area (Å²) < 4.78 is 2.00. The molecule has 0 spiro atoms. The maximum absolute atomic E-state index is 9.88. The first-order valence-corrected chi connectivity index (χ1v) is 6.30. The van der Waals surface area contributed by atoms with E-state index in [4.69, 9.17) is 0 Å². The van der Waals surface area contributed by atoms with Gasteiger partial charge in [0, 0.05) is 37.2 Å². The first-order chi connectivity index (χ1) is 7.75. The number of imidazole rings is 1. The summed E-state index contributed by atoms with van der Waals surface area (Å²) in [7, 11) is 1.98. The molecule has 3 nitrogen and oxygen atoms in total. The Labute approximate surface area is 99.4 Å². The van der Waals surface area contributed by atoms with Crippen molar-refractivity contribution < 1.29 is 5.11 Å². The fourth-order valence-electron chi connectivity index (χ4n) is 1.70. The van der Waals surface area contributed by atoms with Gasteiger partial charge in [0.2, 0.25) is 0 Å². The van der Waals surface area contributed by atoms with Gasteiger partial charge in [0.1, 0.15) is 5.82 Å². The van der Waals surface area contributed by atoms with Crippen LogP contribution in [0.25, 0.3) is 0 Å². The Kier molecular flexibility index (Phi) is 3.74. The topological polar surface area (TPSA) is 38.0 Å². The van der Waals surface area contributed by atoms with Gasteiger partial charge in [-0.1, -0.05) is 6.07 Å². The standard InChI is InChI=1S/C12H16N2OS/c1-14-7-6-13-12(14)5-4-10(15)9-11-3-2-8-16-11/h2-3,6-8,10,15H,4-5,9H2,1H3. The molecule has 2 aromatic heterocycles. The van der Waals surface area contributed by atoms with Gasteiger partial charge in [-0.3, -0.25) is 0 Å². The highest BCUT2D eigenvalue weighted by atomic mass is 32.1. The van der Waals surface area contributed by atoms with Gasteiger partial charge >= 0.3 is 0 Å². The predicted octanol–water partition coefficient (Wildman–Crippen LogP) is 2.02. The Morgan fingerprint density at radius 1 is 1.56 bits per heavy atom. The van der Waals surface area contributed by atoms with Crippen LogP contribution in [0.2, 0.25) is 0 Å². The minimum atomic E-state index is -0.268. The summed E-state index contributed by atoms with van der Waals surface area (Å²) >= 11 is 1.70. The van der Waals surface area contributed by atoms with Gasteiger partial charge in [-0.15, -0.1) is 11.3 Å². The third-order valence-corrected chi connectivity index (χ3v) is 3.54. The SMILES string of the molecule is Cn1ccnc1CCC(O)Cc1cccs1. The molecule has 2 aromatic rings. The fourth-order valence-corrected chi connectivity index (χ4v) is 2.47. The molecule has 0 fully saturated rings. The van der Waals surface area contributed by atoms with Crippen LogP contribution < -0.4 is 0 Å². The third-order valence-electron chi connectivity index (χ3n) is 2.64. The van der Waals surface area contributed by atoms with Crippen molar-refractivity contribution in [1.82, 2.24) is 9.55 Å². The lowest BCUT2D eigenvalue weighted by atomic mass is 10.1. The van der Waals surface area contributed by atoms with E-state index >= 15 is 0 Å². The number of nitrogens with zero attached hydrogens (tertiary/aromatic N) is 2. The average Bonchev–Trinajstić information content (AvgIpc) is 2.87. The minimum Gasteiger partial charge on any atom is -0.393 e. The van der Waals surface area contributed by atoms with Crippen molar-refractivity contribution in [1.29, 1.82) is 0 Å². The van der Waals surface area contributed by atoms with Crippen LogP contribution in [-0.2, 0) is 19.9 Å². The van der Waals surface area contributed by atoms with Gasteiger partial charge in [-0.2, -0.15) is 0 Å². The molecule has 1 unspecified atom stereocenters. The van der Waals surface area contributed by atoms with Gasteiger partial charge in [-0.25, -0.2) is 4.98 Å². The zero-order chi connectivity index (χ0) is 11.4. The van der Waals surface area contributed by atoms with Crippen molar-refractivity contribution in [3.05, 3.63) is 40.6 Å². The molecule has 16 heavy (non-hydrogen) atoms. The lowest BCUT2D eigenvalue weighted by Gasteiger charge is -2.08. The van der Waals surface area contributed by atoms with Crippen LogP contribution >= 0.6 is 11.3 Å². The Morgan fingerprint density at radius 3 is 3.06 bits per heavy atom. The molecule has 0 aromatic carbocycles. The molecule has 0 saturated heterocycles. The summed E-state index contributed by atoms with van der Waals surface area (Å²) in [5.74, 6) is 1.03. The van der Waals surface area contributed by atoms with E-state index in [1.165, 1.54) is 4.88 Å². The second-order valence-corrected chi connectivity index (χ2v) is 4.96. The molecule has 0 saturated carbocycles. The Hall–Kier alpha value is -1.13. The van der Waals surface area contributed by atoms with Crippen LogP contribution in [0, 0.1) is 0 Å². The first kappa shape index (κ1) is 11.4. The summed E-state index contributed by atoms with van der Waals surface area (Å²) in [5, 5.41) is 11.9. The molecule has 0 aliphatic rings. The average molecular weight is 236 g/mol. The predicted molar refractivity (Wildman–Crippen MR) is 65.6 cm³/mol. The molecule has 0 radical (unpaired) electrons. The maximum atomic E-state index is 9.88. The largest absolute Gasteiger partial charge is 0.393 e. The van der Waals surface area contributed by atoms with Gasteiger partial charge in [-0.05, 0) is 17.9 Å². The van der Waals surface area contributed by atoms with Gasteiger partial charge in [0.25, 0.3) is 0 Å². The lowest BCUT2D eigenvalue weighted by molar-refractivity contribution is 0.165. The summed E-state index contributed by atoms with van der Waals surface area (Å²) in [6, 6.07) is 4.08. The van der Waals surface area contributed by atoms with Crippen molar-refractivity contribution in [3.8, 4) is 0 Å². The molecule has 0 aliphatic heterocycles. The fraction of sp³-hybridized carbons (Fsp3) is 0.417. The molecule has 86 valence electrons. The van der Waals surface area contributed by atoms with E-state index in [0.717, 1.165) is 25.1 Å². The number of rotatable bonds is 5. The summed E-state index contributed by atoms with van der Waals surface area (Å²) in [6.07, 6.45) is 5.80. The molecule has 0 amide bonds. The number of thiophene rings is 1. The molecule has 0 aliphatic carbocycles. The lowest BCUT2D eigenvalue weighted by Crippen LogP contribution is -2.12. The van der Waals surface area contributed by atoms with Crippen molar-refractivity contribution in [2.75, 3.05) is 0 Å². The zero-order valence-corrected chi connectivity index (χ0v) is 10.2. The van der Waals surface area contributed by atoms with E-state index in [9.17, 15) is 5.11 Å². The van der Waals surface area contributed by atoms with Crippen LogP contribution in [0.4, 0.5) is 0 Å². The monoisotopic (exact) mass is 236 g/mol. The minimum absolute atomic E-state index is 0.268. The molecular weight excluding hydrogens is 220 g/mol. The zero-order valence-electron chi connectivity index (χ0n) is 9.34. The first-order valence-electron chi connectivity index (χ1n) is 5.42. The Bertz CT molecular complexity index is 422. The molecule has 2 heterocycles. The second kappa shape index (κ2) is 5.27. The van der Waals surface area contributed by atoms with E-state index in [-0.39, 0.29) is 6.10 Å². The molecule has 1 atom stereocenters. The van der Waals surface area contributed by atoms with Crippen molar-refractivity contribution in [2.45, 2.75) is 25.4 Å². The van der Waals surface area contributed by atoms with Gasteiger partial charge in [0.05, 0.1) is 6.10 Å². The highest BCUT2D eigenvalue weighted by molar-refractivity contribution is 7.09. The molecule has 2 rings (SSSR count). The summed E-state index contributed by atoms with van der Waals surface area (Å²) in [4.78, 5) is 5.48. The Balaban J connectivity index is 1.80. The van der Waals surface area contributed by atoms with E-state index in [2.05, 4.69) is 11.1 Å². The quantitative estimate of drug-likeness (QED) is 0.862. The third kappa shape index (κ3) is 2.93. The Morgan fingerprint density at radius 2 is 2.44 bits per heavy atom. The maximum Gasteiger partial charge on any atom is 0.108 e. The highest BCUT2D eigenvalue weighted by Gasteiger charge is 2.08. The van der Waals surface area contributed by atoms with Crippen LogP contribution in [0.5, 0.6) is 0 Å². The van der Waals surface area contributed by atoms with Gasteiger partial charge < -0.3 is 9.67 Å². The van der Waals surface area contributed by atoms with Crippen molar-refractivity contribution >= 4 is 11.3 Å². The molecule has 0 bridgehead atoms. The van der Waals surface area contributed by atoms with Crippen LogP contribution in [0.3, 0.4) is 0 Å². The van der Waals surface area contributed by atoms with E-state index in [1.807, 2.05) is 29.3 Å². The van der Waals surface area contributed by atoms with Crippen molar-refractivity contribution in [3.63, 3.8) is 0 Å². The molecule has 4 heteroatoms. The number of hydrogen-bond acceptors (Lipinski definition) is 3.